The number of rotatable bonds is 19. The Morgan fingerprint density at radius 1 is 0.507 bits per heavy atom. The van der Waals surface area contributed by atoms with Gasteiger partial charge in [-0.05, 0) is 85.0 Å². The number of aryl methyl sites for hydroxylation is 1. The molecule has 7 rings (SSSR count). The summed E-state index contributed by atoms with van der Waals surface area (Å²) in [4.78, 5) is 105. The lowest BCUT2D eigenvalue weighted by molar-refractivity contribution is -0.145. The van der Waals surface area contributed by atoms with Crippen LogP contribution in [0.15, 0.2) is 146 Å². The molecule has 2 aliphatic heterocycles. The van der Waals surface area contributed by atoms with E-state index in [1.807, 2.05) is 72.8 Å². The first-order chi connectivity index (χ1) is 36.5. The standard InChI is InChI=1S/C58H69N9O8/c59-31-14-13-23-46-53(69)64-48(36-42-24-27-44(28-25-42)75-38-43-21-11-4-12-22-43)56(72)66-50(37-41-19-9-3-10-20-41)58(74)67-34-30-45(52(68)61-33-32-60)51(67)57(73)65-49(35-40-17-7-2-8-18-40)55(71)63-47(54(70)62-46)29-26-39-15-5-1-6-16-39/h1-12,15-22,24-25,27-28,45-51H,13-14,23,26,29-38,59-60H2,(H,61,68)(H,62,70)(H,63,71)(H,64,69)(H,65,73)(H,66,72)/t45?,46-,47-,48-,49-,50-,51-/m0/s1. The van der Waals surface area contributed by atoms with E-state index >= 15 is 14.4 Å². The minimum Gasteiger partial charge on any atom is -0.489 e. The second-order valence-corrected chi connectivity index (χ2v) is 19.1. The zero-order chi connectivity index (χ0) is 52.9. The van der Waals surface area contributed by atoms with Gasteiger partial charge in [0.1, 0.15) is 48.6 Å². The van der Waals surface area contributed by atoms with E-state index < -0.39 is 83.5 Å². The number of benzene rings is 5. The van der Waals surface area contributed by atoms with Crippen molar-refractivity contribution in [1.29, 1.82) is 0 Å². The van der Waals surface area contributed by atoms with Crippen LogP contribution >= 0.6 is 0 Å². The summed E-state index contributed by atoms with van der Waals surface area (Å²) in [5.74, 6) is -5.14. The van der Waals surface area contributed by atoms with Crippen LogP contribution in [0.2, 0.25) is 0 Å². The number of fused-ring (bicyclic) bond motifs is 1. The lowest BCUT2D eigenvalue weighted by Crippen LogP contribution is -2.63. The molecule has 0 radical (unpaired) electrons. The van der Waals surface area contributed by atoms with Crippen molar-refractivity contribution in [2.24, 2.45) is 17.4 Å². The van der Waals surface area contributed by atoms with Gasteiger partial charge >= 0.3 is 0 Å². The highest BCUT2D eigenvalue weighted by molar-refractivity contribution is 6.00. The third kappa shape index (κ3) is 16.1. The maximum absolute atomic E-state index is 15.3. The lowest BCUT2D eigenvalue weighted by Gasteiger charge is -2.33. The van der Waals surface area contributed by atoms with Crippen LogP contribution in [0.3, 0.4) is 0 Å². The van der Waals surface area contributed by atoms with E-state index in [0.717, 1.165) is 11.1 Å². The van der Waals surface area contributed by atoms with Crippen LogP contribution in [0.25, 0.3) is 0 Å². The van der Waals surface area contributed by atoms with E-state index in [2.05, 4.69) is 31.9 Å². The number of hydrogen-bond acceptors (Lipinski definition) is 10. The SMILES string of the molecule is NCCCC[C@@H]1NC(=O)[C@H](CCc2ccccc2)NC(=O)[C@H](Cc2ccccc2)NC(=O)[C@@H]2C(C(=O)NCCN)CCN2C(=O)[C@H](Cc2ccccc2)NC(=O)[C@H](Cc2ccc(OCc3ccccc3)cc2)NC1=O. The summed E-state index contributed by atoms with van der Waals surface area (Å²) < 4.78 is 6.03. The zero-order valence-corrected chi connectivity index (χ0v) is 42.2. The number of carbonyl (C=O) groups excluding carboxylic acids is 7. The lowest BCUT2D eigenvalue weighted by atomic mass is 9.96. The smallest absolute Gasteiger partial charge is 0.246 e. The molecule has 2 aliphatic rings. The van der Waals surface area contributed by atoms with Crippen molar-refractivity contribution in [2.75, 3.05) is 26.2 Å². The van der Waals surface area contributed by atoms with E-state index in [9.17, 15) is 19.2 Å². The molecule has 1 unspecified atom stereocenters. The topological polar surface area (TPSA) is 256 Å². The van der Waals surface area contributed by atoms with Crippen LogP contribution < -0.4 is 48.1 Å². The summed E-state index contributed by atoms with van der Waals surface area (Å²) in [7, 11) is 0. The van der Waals surface area contributed by atoms with Gasteiger partial charge < -0.3 is 53.0 Å². The third-order valence-corrected chi connectivity index (χ3v) is 13.6. The summed E-state index contributed by atoms with van der Waals surface area (Å²) >= 11 is 0. The number of carbonyl (C=O) groups is 7. The minimum absolute atomic E-state index is 0.0161. The van der Waals surface area contributed by atoms with Crippen LogP contribution in [0.4, 0.5) is 0 Å². The van der Waals surface area contributed by atoms with Crippen LogP contribution in [0.1, 0.15) is 59.9 Å². The van der Waals surface area contributed by atoms with E-state index in [1.165, 1.54) is 4.90 Å². The Hall–Kier alpha value is -7.89. The average Bonchev–Trinajstić information content (AvgIpc) is 3.89. The molecule has 0 bridgehead atoms. The molecule has 5 aromatic carbocycles. The predicted molar refractivity (Wildman–Crippen MR) is 284 cm³/mol. The van der Waals surface area contributed by atoms with Gasteiger partial charge in [0.25, 0.3) is 0 Å². The number of nitrogens with one attached hydrogen (secondary N) is 6. The molecule has 7 atom stereocenters. The minimum atomic E-state index is -1.43. The van der Waals surface area contributed by atoms with E-state index in [0.29, 0.717) is 54.9 Å². The third-order valence-electron chi connectivity index (χ3n) is 13.6. The number of nitrogens with two attached hydrogens (primary N) is 2. The first-order valence-electron chi connectivity index (χ1n) is 25.9. The fourth-order valence-electron chi connectivity index (χ4n) is 9.51. The Labute approximate surface area is 438 Å². The zero-order valence-electron chi connectivity index (χ0n) is 42.2. The second-order valence-electron chi connectivity index (χ2n) is 19.1. The van der Waals surface area contributed by atoms with Gasteiger partial charge in [0.2, 0.25) is 41.4 Å². The molecule has 394 valence electrons. The molecule has 0 saturated carbocycles. The molecule has 0 aromatic heterocycles. The van der Waals surface area contributed by atoms with Gasteiger partial charge in [0, 0.05) is 38.9 Å². The number of hydrogen-bond donors (Lipinski definition) is 8. The Morgan fingerprint density at radius 3 is 1.51 bits per heavy atom. The fraction of sp³-hybridized carbons (Fsp3) is 0.362. The summed E-state index contributed by atoms with van der Waals surface area (Å²) in [6.07, 6.45) is 1.60. The Kier molecular flexibility index (Phi) is 20.5. The molecule has 2 fully saturated rings. The molecule has 2 heterocycles. The number of ether oxygens (including phenoxy) is 1. The monoisotopic (exact) mass is 1020 g/mol. The number of unbranched alkanes of at least 4 members (excludes halogenated alkanes) is 1. The van der Waals surface area contributed by atoms with Gasteiger partial charge in [0.05, 0.1) is 5.92 Å². The first kappa shape index (κ1) is 54.9. The predicted octanol–water partition coefficient (Wildman–Crippen LogP) is 2.78. The molecule has 17 nitrogen and oxygen atoms in total. The number of nitrogens with zero attached hydrogens (tertiary/aromatic N) is 1. The molecule has 17 heteroatoms. The van der Waals surface area contributed by atoms with Gasteiger partial charge in [-0.15, -0.1) is 0 Å². The molecular weight excluding hydrogens is 951 g/mol. The van der Waals surface area contributed by atoms with Crippen molar-refractivity contribution in [3.63, 3.8) is 0 Å². The molecule has 2 saturated heterocycles. The second kappa shape index (κ2) is 28.0. The van der Waals surface area contributed by atoms with Crippen LogP contribution in [0, 0.1) is 5.92 Å². The molecular formula is C58H69N9O8. The number of amides is 7. The summed E-state index contributed by atoms with van der Waals surface area (Å²) in [6.45, 7) is 0.856. The molecule has 75 heavy (non-hydrogen) atoms. The summed E-state index contributed by atoms with van der Waals surface area (Å²) in [6, 6.07) is 36.5. The van der Waals surface area contributed by atoms with E-state index in [-0.39, 0.29) is 58.2 Å². The van der Waals surface area contributed by atoms with E-state index in [1.54, 1.807) is 72.8 Å². The summed E-state index contributed by atoms with van der Waals surface area (Å²) in [5, 5.41) is 17.3. The first-order valence-corrected chi connectivity index (χ1v) is 25.9. The molecule has 10 N–H and O–H groups in total. The van der Waals surface area contributed by atoms with Crippen molar-refractivity contribution in [1.82, 2.24) is 36.8 Å². The van der Waals surface area contributed by atoms with Gasteiger partial charge in [-0.2, -0.15) is 0 Å². The molecule has 7 amide bonds. The van der Waals surface area contributed by atoms with Crippen molar-refractivity contribution < 1.29 is 38.3 Å². The molecule has 5 aromatic rings. The van der Waals surface area contributed by atoms with Crippen LogP contribution in [0.5, 0.6) is 5.75 Å². The van der Waals surface area contributed by atoms with Gasteiger partial charge in [0.15, 0.2) is 0 Å². The maximum atomic E-state index is 15.3. The Balaban J connectivity index is 1.29. The van der Waals surface area contributed by atoms with Crippen molar-refractivity contribution >= 4 is 41.4 Å². The normalized spacial score (nSPS) is 21.8. The van der Waals surface area contributed by atoms with Crippen molar-refractivity contribution in [3.05, 3.63) is 173 Å². The van der Waals surface area contributed by atoms with Gasteiger partial charge in [-0.3, -0.25) is 33.6 Å². The van der Waals surface area contributed by atoms with E-state index in [4.69, 9.17) is 16.2 Å². The van der Waals surface area contributed by atoms with Crippen LogP contribution in [-0.4, -0.2) is 109 Å². The van der Waals surface area contributed by atoms with Gasteiger partial charge in [-0.25, -0.2) is 0 Å². The van der Waals surface area contributed by atoms with Crippen molar-refractivity contribution in [3.8, 4) is 5.75 Å². The highest BCUT2D eigenvalue weighted by atomic mass is 16.5. The largest absolute Gasteiger partial charge is 0.489 e. The van der Waals surface area contributed by atoms with Crippen LogP contribution in [-0.2, 0) is 65.9 Å². The average molecular weight is 1020 g/mol. The molecule has 0 aliphatic carbocycles. The Morgan fingerprint density at radius 2 is 0.960 bits per heavy atom. The maximum Gasteiger partial charge on any atom is 0.246 e. The highest BCUT2D eigenvalue weighted by Crippen LogP contribution is 2.27. The molecule has 0 spiro atoms. The van der Waals surface area contributed by atoms with Gasteiger partial charge in [-0.1, -0.05) is 133 Å². The Bertz CT molecular complexity index is 2660. The quantitative estimate of drug-likeness (QED) is 0.0562. The highest BCUT2D eigenvalue weighted by Gasteiger charge is 2.48. The fourth-order valence-corrected chi connectivity index (χ4v) is 9.51. The van der Waals surface area contributed by atoms with Crippen molar-refractivity contribution in [2.45, 2.75) is 101 Å². The summed E-state index contributed by atoms with van der Waals surface area (Å²) in [5.41, 5.74) is 15.6.